The van der Waals surface area contributed by atoms with Crippen molar-refractivity contribution in [2.45, 2.75) is 52.4 Å². The molecule has 0 fully saturated rings. The van der Waals surface area contributed by atoms with Crippen LogP contribution >= 0.6 is 0 Å². The van der Waals surface area contributed by atoms with E-state index >= 15 is 0 Å². The van der Waals surface area contributed by atoms with Gasteiger partial charge < -0.3 is 5.11 Å². The van der Waals surface area contributed by atoms with Gasteiger partial charge >= 0.3 is 0 Å². The Morgan fingerprint density at radius 3 is 2.24 bits per heavy atom. The Morgan fingerprint density at radius 2 is 1.45 bits per heavy atom. The van der Waals surface area contributed by atoms with Crippen LogP contribution in [0.25, 0.3) is 50.5 Å². The van der Waals surface area contributed by atoms with E-state index in [1.54, 1.807) is 6.07 Å². The third kappa shape index (κ3) is 4.28. The maximum Gasteiger partial charge on any atom is 0.147 e. The van der Waals surface area contributed by atoms with Crippen LogP contribution in [-0.2, 0) is 12.8 Å². The molecule has 42 heavy (non-hydrogen) atoms. The van der Waals surface area contributed by atoms with Crippen molar-refractivity contribution in [1.29, 1.82) is 0 Å². The Kier molecular flexibility index (Phi) is 6.38. The first-order chi connectivity index (χ1) is 20.4. The summed E-state index contributed by atoms with van der Waals surface area (Å²) in [5, 5.41) is 13.0. The molecule has 3 aromatic carbocycles. The van der Waals surface area contributed by atoms with Gasteiger partial charge in [0.1, 0.15) is 17.3 Å². The van der Waals surface area contributed by atoms with Gasteiger partial charge in [0.15, 0.2) is 0 Å². The van der Waals surface area contributed by atoms with Crippen molar-refractivity contribution < 1.29 is 5.11 Å². The second-order valence-electron chi connectivity index (χ2n) is 11.8. The van der Waals surface area contributed by atoms with Gasteiger partial charge in [-0.15, -0.1) is 0 Å². The van der Waals surface area contributed by atoms with Crippen molar-refractivity contribution in [3.63, 3.8) is 0 Å². The predicted molar refractivity (Wildman–Crippen MR) is 170 cm³/mol. The van der Waals surface area contributed by atoms with Gasteiger partial charge in [-0.1, -0.05) is 88.4 Å². The van der Waals surface area contributed by atoms with Crippen molar-refractivity contribution in [2.75, 3.05) is 0 Å². The number of aryl methyl sites for hydroxylation is 2. The zero-order chi connectivity index (χ0) is 29.0. The minimum Gasteiger partial charge on any atom is -0.507 e. The molecule has 0 bridgehead atoms. The molecule has 0 atom stereocenters. The van der Waals surface area contributed by atoms with E-state index in [-0.39, 0.29) is 5.75 Å². The molecular weight excluding hydrogens is 516 g/mol. The highest BCUT2D eigenvalue weighted by Gasteiger charge is 2.25. The van der Waals surface area contributed by atoms with E-state index in [4.69, 9.17) is 9.97 Å². The molecule has 7 rings (SSSR count). The highest BCUT2D eigenvalue weighted by molar-refractivity contribution is 5.95. The summed E-state index contributed by atoms with van der Waals surface area (Å²) in [4.78, 5) is 15.1. The van der Waals surface area contributed by atoms with Crippen LogP contribution in [0.2, 0.25) is 0 Å². The molecule has 3 heterocycles. The van der Waals surface area contributed by atoms with E-state index in [0.717, 1.165) is 68.8 Å². The van der Waals surface area contributed by atoms with E-state index in [1.165, 1.54) is 16.8 Å². The lowest BCUT2D eigenvalue weighted by molar-refractivity contribution is 0.476. The quantitative estimate of drug-likeness (QED) is 0.233. The van der Waals surface area contributed by atoms with E-state index in [1.807, 2.05) is 24.5 Å². The molecule has 5 heteroatoms. The highest BCUT2D eigenvalue weighted by atomic mass is 16.3. The van der Waals surface area contributed by atoms with Crippen molar-refractivity contribution in [2.24, 2.45) is 0 Å². The number of rotatable bonds is 5. The molecule has 0 aliphatic heterocycles. The Hall–Kier alpha value is -4.77. The van der Waals surface area contributed by atoms with Gasteiger partial charge in [0.05, 0.1) is 17.1 Å². The molecule has 1 N–H and O–H groups in total. The summed E-state index contributed by atoms with van der Waals surface area (Å²) in [6.45, 7) is 8.98. The lowest BCUT2D eigenvalue weighted by Gasteiger charge is -2.22. The van der Waals surface area contributed by atoms with Crippen molar-refractivity contribution >= 4 is 10.8 Å². The number of imidazole rings is 1. The van der Waals surface area contributed by atoms with Crippen LogP contribution in [0.3, 0.4) is 0 Å². The maximum absolute atomic E-state index is 10.8. The van der Waals surface area contributed by atoms with E-state index < -0.39 is 0 Å². The van der Waals surface area contributed by atoms with Crippen molar-refractivity contribution in [3.8, 4) is 45.5 Å². The first kappa shape index (κ1) is 26.1. The molecule has 0 saturated carbocycles. The number of pyridine rings is 2. The summed E-state index contributed by atoms with van der Waals surface area (Å²) in [5.41, 5.74) is 10.2. The van der Waals surface area contributed by atoms with Gasteiger partial charge in [-0.2, -0.15) is 0 Å². The van der Waals surface area contributed by atoms with Crippen LogP contribution in [0.1, 0.15) is 61.8 Å². The fourth-order valence-electron chi connectivity index (χ4n) is 6.34. The fraction of sp³-hybridized carbons (Fsp3) is 0.216. The van der Waals surface area contributed by atoms with Gasteiger partial charge in [0, 0.05) is 35.1 Å². The van der Waals surface area contributed by atoms with Crippen molar-refractivity contribution in [1.82, 2.24) is 19.5 Å². The molecule has 0 unspecified atom stereocenters. The number of para-hydroxylation sites is 1. The molecular formula is C37H34N4O. The summed E-state index contributed by atoms with van der Waals surface area (Å²) in [6, 6.07) is 24.9. The largest absolute Gasteiger partial charge is 0.507 e. The topological polar surface area (TPSA) is 63.8 Å². The number of benzene rings is 3. The average molecular weight is 551 g/mol. The monoisotopic (exact) mass is 550 g/mol. The third-order valence-electron chi connectivity index (χ3n) is 8.47. The minimum absolute atomic E-state index is 0.276. The number of aromatic nitrogens is 4. The highest BCUT2D eigenvalue weighted by Crippen LogP contribution is 2.41. The summed E-state index contributed by atoms with van der Waals surface area (Å²) in [6.07, 6.45) is 7.76. The average Bonchev–Trinajstić information content (AvgIpc) is 3.45. The van der Waals surface area contributed by atoms with E-state index in [0.29, 0.717) is 11.8 Å². The van der Waals surface area contributed by atoms with Gasteiger partial charge in [-0.05, 0) is 64.5 Å². The molecule has 3 aromatic heterocycles. The number of hydrogen-bond acceptors (Lipinski definition) is 4. The minimum atomic E-state index is 0.276. The zero-order valence-electron chi connectivity index (χ0n) is 24.5. The molecule has 0 radical (unpaired) electrons. The fourth-order valence-corrected chi connectivity index (χ4v) is 6.34. The van der Waals surface area contributed by atoms with Gasteiger partial charge in [-0.3, -0.25) is 9.55 Å². The summed E-state index contributed by atoms with van der Waals surface area (Å²) in [7, 11) is 0. The Bertz CT molecular complexity index is 1940. The number of fused-ring (bicyclic) bond motifs is 4. The van der Waals surface area contributed by atoms with E-state index in [9.17, 15) is 5.11 Å². The number of aromatic hydroxyl groups is 1. The van der Waals surface area contributed by atoms with Gasteiger partial charge in [-0.25, -0.2) is 9.97 Å². The number of nitrogens with zero attached hydrogens (tertiary/aromatic N) is 4. The second-order valence-corrected chi connectivity index (χ2v) is 11.8. The van der Waals surface area contributed by atoms with Crippen LogP contribution < -0.4 is 0 Å². The molecule has 1 aliphatic carbocycles. The Labute approximate surface area is 246 Å². The lowest BCUT2D eigenvalue weighted by Crippen LogP contribution is -2.08. The number of hydrogen-bond donors (Lipinski definition) is 1. The van der Waals surface area contributed by atoms with Crippen LogP contribution in [0.15, 0.2) is 91.4 Å². The summed E-state index contributed by atoms with van der Waals surface area (Å²) >= 11 is 0. The van der Waals surface area contributed by atoms with Crippen LogP contribution in [0.4, 0.5) is 0 Å². The number of phenolic OH excluding ortho intramolecular Hbond substituents is 1. The van der Waals surface area contributed by atoms with Crippen LogP contribution in [0.5, 0.6) is 5.75 Å². The first-order valence-electron chi connectivity index (χ1n) is 14.8. The SMILES string of the molecule is CC(C)c1cccc(C(C)C)c1-n1cc(-c2ccc3c(n2)-c2c(O)cccc2CC3)nc1-c1cncc2ccccc12. The third-order valence-corrected chi connectivity index (χ3v) is 8.47. The van der Waals surface area contributed by atoms with Crippen molar-refractivity contribution in [3.05, 3.63) is 114 Å². The molecule has 0 spiro atoms. The maximum atomic E-state index is 10.8. The molecule has 6 aromatic rings. The summed E-state index contributed by atoms with van der Waals surface area (Å²) in [5.74, 6) is 1.76. The van der Waals surface area contributed by atoms with E-state index in [2.05, 4.69) is 98.0 Å². The molecule has 5 nitrogen and oxygen atoms in total. The molecule has 208 valence electrons. The zero-order valence-corrected chi connectivity index (χ0v) is 24.5. The first-order valence-corrected chi connectivity index (χ1v) is 14.8. The standard InChI is InChI=1S/C37H34N4O/c1-22(2)27-12-8-13-28(23(3)4)36(27)41-21-32(40-37(41)30-20-38-19-26-9-5-6-11-29(26)30)31-18-17-25-16-15-24-10-7-14-33(42)34(24)35(25)39-31/h5-14,17-23,42H,15-16H2,1-4H3. The molecule has 0 amide bonds. The second kappa shape index (κ2) is 10.3. The Balaban J connectivity index is 1.51. The van der Waals surface area contributed by atoms with Gasteiger partial charge in [0.25, 0.3) is 0 Å². The van der Waals surface area contributed by atoms with Crippen LogP contribution in [-0.4, -0.2) is 24.6 Å². The summed E-state index contributed by atoms with van der Waals surface area (Å²) < 4.78 is 2.26. The smallest absolute Gasteiger partial charge is 0.147 e. The Morgan fingerprint density at radius 1 is 0.714 bits per heavy atom. The normalized spacial score (nSPS) is 12.6. The molecule has 1 aliphatic rings. The number of phenols is 1. The lowest BCUT2D eigenvalue weighted by atomic mass is 9.88. The van der Waals surface area contributed by atoms with Crippen LogP contribution in [0, 0.1) is 0 Å². The van der Waals surface area contributed by atoms with Gasteiger partial charge in [0.2, 0.25) is 0 Å². The predicted octanol–water partition coefficient (Wildman–Crippen LogP) is 8.87. The molecule has 0 saturated heterocycles.